The molecule has 0 amide bonds. The highest BCUT2D eigenvalue weighted by molar-refractivity contribution is 5.89. The molecule has 3 N–H and O–H groups in total. The summed E-state index contributed by atoms with van der Waals surface area (Å²) >= 11 is 0. The molecular weight excluding hydrogens is 270 g/mol. The van der Waals surface area contributed by atoms with Gasteiger partial charge in [-0.2, -0.15) is 0 Å². The summed E-state index contributed by atoms with van der Waals surface area (Å²) in [5, 5.41) is 26.9. The fourth-order valence-corrected chi connectivity index (χ4v) is 1.64. The van der Waals surface area contributed by atoms with E-state index in [4.69, 9.17) is 15.3 Å². The van der Waals surface area contributed by atoms with Gasteiger partial charge in [-0.05, 0) is 36.4 Å². The molecule has 2 aromatic carbocycles. The summed E-state index contributed by atoms with van der Waals surface area (Å²) < 4.78 is 0. The lowest BCUT2D eigenvalue weighted by Crippen LogP contribution is -1.99. The van der Waals surface area contributed by atoms with Crippen LogP contribution in [-0.4, -0.2) is 26.3 Å². The van der Waals surface area contributed by atoms with Crippen LogP contribution in [0.1, 0.15) is 10.5 Å². The molecule has 0 spiro atoms. The maximum Gasteiger partial charge on any atom is 0.354 e. The molecule has 0 fully saturated rings. The Morgan fingerprint density at radius 3 is 1.95 bits per heavy atom. The van der Waals surface area contributed by atoms with Gasteiger partial charge in [-0.25, -0.2) is 9.78 Å². The average Bonchev–Trinajstić information content (AvgIpc) is 2.50. The predicted octanol–water partition coefficient (Wildman–Crippen LogP) is 3.03. The number of fused-ring (bicyclic) bond motifs is 1. The first-order valence-corrected chi connectivity index (χ1v) is 6.13. The summed E-state index contributed by atoms with van der Waals surface area (Å²) in [7, 11) is 0. The molecule has 5 heteroatoms. The number of phenols is 2. The third-order valence-electron chi connectivity index (χ3n) is 2.67. The normalized spacial score (nSPS) is 9.71. The Morgan fingerprint density at radius 1 is 0.810 bits per heavy atom. The number of hydrogen-bond donors (Lipinski definition) is 3. The smallest absolute Gasteiger partial charge is 0.354 e. The van der Waals surface area contributed by atoms with Gasteiger partial charge in [-0.1, -0.05) is 24.3 Å². The van der Waals surface area contributed by atoms with Crippen molar-refractivity contribution in [3.8, 4) is 11.5 Å². The Labute approximate surface area is 120 Å². The molecule has 3 rings (SSSR count). The average molecular weight is 283 g/mol. The second-order valence-electron chi connectivity index (χ2n) is 4.21. The Hall–Kier alpha value is -3.08. The van der Waals surface area contributed by atoms with Crippen LogP contribution < -0.4 is 0 Å². The monoisotopic (exact) mass is 283 g/mol. The first-order valence-electron chi connectivity index (χ1n) is 6.13. The van der Waals surface area contributed by atoms with Crippen molar-refractivity contribution >= 4 is 16.9 Å². The van der Waals surface area contributed by atoms with Gasteiger partial charge in [-0.3, -0.25) is 0 Å². The van der Waals surface area contributed by atoms with Crippen molar-refractivity contribution in [2.24, 2.45) is 0 Å². The maximum atomic E-state index is 10.6. The lowest BCUT2D eigenvalue weighted by atomic mass is 10.2. The highest BCUT2D eigenvalue weighted by Gasteiger charge is 2.03. The van der Waals surface area contributed by atoms with Gasteiger partial charge in [-0.15, -0.1) is 0 Å². The van der Waals surface area contributed by atoms with Gasteiger partial charge in [0, 0.05) is 5.39 Å². The minimum Gasteiger partial charge on any atom is -0.508 e. The van der Waals surface area contributed by atoms with E-state index < -0.39 is 5.97 Å². The summed E-state index contributed by atoms with van der Waals surface area (Å²) in [6, 6.07) is 16.4. The Balaban J connectivity index is 0.000000173. The zero-order valence-electron chi connectivity index (χ0n) is 11.0. The number of nitrogens with zero attached hydrogens (tertiary/aromatic N) is 1. The second-order valence-corrected chi connectivity index (χ2v) is 4.21. The van der Waals surface area contributed by atoms with Crippen molar-refractivity contribution in [3.63, 3.8) is 0 Å². The quantitative estimate of drug-likeness (QED) is 0.597. The molecule has 0 atom stereocenters. The van der Waals surface area contributed by atoms with Crippen molar-refractivity contribution in [2.45, 2.75) is 0 Å². The molecular formula is C16H13NO4. The molecule has 0 aliphatic rings. The number of carboxylic acid groups (broad SMARTS) is 1. The van der Waals surface area contributed by atoms with Crippen molar-refractivity contribution in [2.75, 3.05) is 0 Å². The Bertz CT molecular complexity index is 733. The van der Waals surface area contributed by atoms with Crippen LogP contribution in [-0.2, 0) is 0 Å². The largest absolute Gasteiger partial charge is 0.508 e. The zero-order valence-corrected chi connectivity index (χ0v) is 11.0. The highest BCUT2D eigenvalue weighted by Crippen LogP contribution is 2.13. The number of hydrogen-bond acceptors (Lipinski definition) is 4. The highest BCUT2D eigenvalue weighted by atomic mass is 16.4. The van der Waals surface area contributed by atoms with Crippen LogP contribution in [0.4, 0.5) is 0 Å². The number of phenolic OH excluding ortho intramolecular Hbond substituents is 2. The number of aromatic carboxylic acids is 1. The van der Waals surface area contributed by atoms with Gasteiger partial charge in [0.2, 0.25) is 0 Å². The molecule has 0 radical (unpaired) electrons. The van der Waals surface area contributed by atoms with Crippen LogP contribution in [0.3, 0.4) is 0 Å². The molecule has 5 nitrogen and oxygen atoms in total. The first kappa shape index (κ1) is 14.3. The first-order chi connectivity index (χ1) is 10.1. The third-order valence-corrected chi connectivity index (χ3v) is 2.67. The van der Waals surface area contributed by atoms with Gasteiger partial charge >= 0.3 is 5.97 Å². The van der Waals surface area contributed by atoms with E-state index in [1.54, 1.807) is 12.1 Å². The molecule has 0 unspecified atom stereocenters. The number of para-hydroxylation sites is 1. The standard InChI is InChI=1S/C10H7NO2.C6H6O2/c12-10(13)9-6-5-7-3-1-2-4-8(7)11-9;7-5-1-2-6(8)4-3-5/h1-6H,(H,12,13);1-4,7-8H. The van der Waals surface area contributed by atoms with E-state index in [0.29, 0.717) is 5.52 Å². The van der Waals surface area contributed by atoms with Crippen molar-refractivity contribution in [1.29, 1.82) is 0 Å². The van der Waals surface area contributed by atoms with Gasteiger partial charge in [0.15, 0.2) is 0 Å². The SMILES string of the molecule is O=C(O)c1ccc2ccccc2n1.Oc1ccc(O)cc1. The summed E-state index contributed by atoms with van der Waals surface area (Å²) in [4.78, 5) is 14.6. The molecule has 1 heterocycles. The Morgan fingerprint density at radius 2 is 1.38 bits per heavy atom. The molecule has 21 heavy (non-hydrogen) atoms. The van der Waals surface area contributed by atoms with Crippen LogP contribution >= 0.6 is 0 Å². The van der Waals surface area contributed by atoms with Crippen LogP contribution in [0.15, 0.2) is 60.7 Å². The molecule has 0 aliphatic heterocycles. The fourth-order valence-electron chi connectivity index (χ4n) is 1.64. The minimum absolute atomic E-state index is 0.0821. The number of aromatic hydroxyl groups is 2. The van der Waals surface area contributed by atoms with Crippen molar-refractivity contribution in [3.05, 3.63) is 66.4 Å². The number of carboxylic acids is 1. The van der Waals surface area contributed by atoms with E-state index in [-0.39, 0.29) is 17.2 Å². The number of aromatic nitrogens is 1. The number of pyridine rings is 1. The summed E-state index contributed by atoms with van der Waals surface area (Å²) in [5.74, 6) is -0.656. The lowest BCUT2D eigenvalue weighted by molar-refractivity contribution is 0.0691. The molecule has 0 saturated heterocycles. The molecule has 0 saturated carbocycles. The van der Waals surface area contributed by atoms with E-state index in [9.17, 15) is 4.79 Å². The second kappa shape index (κ2) is 6.38. The van der Waals surface area contributed by atoms with Crippen LogP contribution in [0.2, 0.25) is 0 Å². The van der Waals surface area contributed by atoms with E-state index in [2.05, 4.69) is 4.98 Å². The molecule has 3 aromatic rings. The summed E-state index contributed by atoms with van der Waals surface area (Å²) in [5.41, 5.74) is 0.793. The maximum absolute atomic E-state index is 10.6. The zero-order chi connectivity index (χ0) is 15.2. The molecule has 0 aliphatic carbocycles. The minimum atomic E-state index is -0.995. The van der Waals surface area contributed by atoms with Crippen LogP contribution in [0.5, 0.6) is 11.5 Å². The van der Waals surface area contributed by atoms with Crippen molar-refractivity contribution in [1.82, 2.24) is 4.98 Å². The van der Waals surface area contributed by atoms with Crippen LogP contribution in [0, 0.1) is 0 Å². The third kappa shape index (κ3) is 3.94. The van der Waals surface area contributed by atoms with Crippen molar-refractivity contribution < 1.29 is 20.1 Å². The Kier molecular flexibility index (Phi) is 4.36. The van der Waals surface area contributed by atoms with Gasteiger partial charge < -0.3 is 15.3 Å². The summed E-state index contributed by atoms with van der Waals surface area (Å²) in [6.07, 6.45) is 0. The van der Waals surface area contributed by atoms with E-state index >= 15 is 0 Å². The van der Waals surface area contributed by atoms with Gasteiger partial charge in [0.25, 0.3) is 0 Å². The molecule has 106 valence electrons. The topological polar surface area (TPSA) is 90.7 Å². The van der Waals surface area contributed by atoms with Gasteiger partial charge in [0.1, 0.15) is 17.2 Å². The number of rotatable bonds is 1. The van der Waals surface area contributed by atoms with E-state index in [0.717, 1.165) is 5.39 Å². The molecule has 0 bridgehead atoms. The van der Waals surface area contributed by atoms with Gasteiger partial charge in [0.05, 0.1) is 5.52 Å². The molecule has 1 aromatic heterocycles. The predicted molar refractivity (Wildman–Crippen MR) is 78.5 cm³/mol. The number of carbonyl (C=O) groups is 1. The summed E-state index contributed by atoms with van der Waals surface area (Å²) in [6.45, 7) is 0. The van der Waals surface area contributed by atoms with E-state index in [1.165, 1.54) is 30.3 Å². The van der Waals surface area contributed by atoms with E-state index in [1.807, 2.05) is 18.2 Å². The lowest BCUT2D eigenvalue weighted by Gasteiger charge is -1.97. The number of benzene rings is 2. The fraction of sp³-hybridized carbons (Fsp3) is 0. The van der Waals surface area contributed by atoms with Crippen LogP contribution in [0.25, 0.3) is 10.9 Å².